The van der Waals surface area contributed by atoms with E-state index in [4.69, 9.17) is 4.52 Å². The number of carbonyl (C=O) groups is 1. The van der Waals surface area contributed by atoms with Crippen molar-refractivity contribution < 1.29 is 9.32 Å². The van der Waals surface area contributed by atoms with Crippen molar-refractivity contribution in [3.8, 4) is 0 Å². The molecule has 0 unspecified atom stereocenters. The van der Waals surface area contributed by atoms with Crippen LogP contribution < -0.4 is 10.6 Å². The first-order valence-corrected chi connectivity index (χ1v) is 9.04. The maximum Gasteiger partial charge on any atom is 0.257 e. The summed E-state index contributed by atoms with van der Waals surface area (Å²) in [6, 6.07) is 2.41. The second kappa shape index (κ2) is 8.24. The lowest BCUT2D eigenvalue weighted by molar-refractivity contribution is 0.0953. The monoisotopic (exact) mass is 330 g/mol. The van der Waals surface area contributed by atoms with E-state index < -0.39 is 0 Å². The number of rotatable bonds is 6. The quantitative estimate of drug-likeness (QED) is 0.629. The molecular weight excluding hydrogens is 304 g/mol. The lowest BCUT2D eigenvalue weighted by atomic mass is 10.1. The predicted octanol–water partition coefficient (Wildman–Crippen LogP) is 2.83. The molecule has 1 saturated carbocycles. The molecule has 1 aliphatic carbocycles. The third-order valence-corrected chi connectivity index (χ3v) is 4.70. The average Bonchev–Trinajstić information content (AvgIpc) is 2.84. The number of amides is 1. The molecule has 0 aliphatic heterocycles. The Hall–Kier alpha value is -1.95. The Labute approximate surface area is 142 Å². The molecule has 0 saturated heterocycles. The Morgan fingerprint density at radius 2 is 2.04 bits per heavy atom. The molecule has 3 rings (SSSR count). The summed E-state index contributed by atoms with van der Waals surface area (Å²) in [4.78, 5) is 16.5. The molecule has 24 heavy (non-hydrogen) atoms. The lowest BCUT2D eigenvalue weighted by Crippen LogP contribution is -2.36. The Kier molecular flexibility index (Phi) is 5.80. The number of carbonyl (C=O) groups excluding carboxylic acids is 1. The van der Waals surface area contributed by atoms with Crippen LogP contribution >= 0.6 is 0 Å². The normalized spacial score (nSPS) is 16.2. The van der Waals surface area contributed by atoms with Crippen molar-refractivity contribution in [3.05, 3.63) is 23.5 Å². The van der Waals surface area contributed by atoms with E-state index in [2.05, 4.69) is 20.8 Å². The number of pyridine rings is 1. The van der Waals surface area contributed by atoms with E-state index in [9.17, 15) is 4.79 Å². The fourth-order valence-corrected chi connectivity index (χ4v) is 3.30. The van der Waals surface area contributed by atoms with Gasteiger partial charge < -0.3 is 15.2 Å². The van der Waals surface area contributed by atoms with Crippen LogP contribution in [-0.4, -0.2) is 35.2 Å². The first-order chi connectivity index (χ1) is 11.8. The average molecular weight is 330 g/mol. The van der Waals surface area contributed by atoms with Crippen LogP contribution in [0, 0.1) is 0 Å². The third kappa shape index (κ3) is 4.12. The molecule has 6 heteroatoms. The topological polar surface area (TPSA) is 80.0 Å². The van der Waals surface area contributed by atoms with Crippen molar-refractivity contribution in [3.63, 3.8) is 0 Å². The SMILES string of the molecule is CCc1noc2ncc(C(=O)NCCNC3CCCCCC3)cc12. The van der Waals surface area contributed by atoms with E-state index in [-0.39, 0.29) is 5.91 Å². The Bertz CT molecular complexity index is 675. The molecule has 0 aromatic carbocycles. The third-order valence-electron chi connectivity index (χ3n) is 4.70. The number of aryl methyl sites for hydroxylation is 1. The lowest BCUT2D eigenvalue weighted by Gasteiger charge is -2.16. The van der Waals surface area contributed by atoms with Crippen molar-refractivity contribution in [2.45, 2.75) is 57.9 Å². The summed E-state index contributed by atoms with van der Waals surface area (Å²) < 4.78 is 5.15. The smallest absolute Gasteiger partial charge is 0.257 e. The van der Waals surface area contributed by atoms with Crippen LogP contribution in [0.3, 0.4) is 0 Å². The molecule has 0 radical (unpaired) electrons. The standard InChI is InChI=1S/C18H26N4O2/c1-2-16-15-11-13(12-21-18(15)24-22-16)17(23)20-10-9-19-14-7-5-3-4-6-8-14/h11-12,14,19H,2-10H2,1H3,(H,20,23). The zero-order valence-corrected chi connectivity index (χ0v) is 14.3. The van der Waals surface area contributed by atoms with Crippen LogP contribution in [0.2, 0.25) is 0 Å². The van der Waals surface area contributed by atoms with E-state index in [0.717, 1.165) is 24.0 Å². The zero-order valence-electron chi connectivity index (χ0n) is 14.3. The Morgan fingerprint density at radius 1 is 1.25 bits per heavy atom. The van der Waals surface area contributed by atoms with Gasteiger partial charge in [-0.2, -0.15) is 0 Å². The van der Waals surface area contributed by atoms with E-state index in [1.54, 1.807) is 6.20 Å². The van der Waals surface area contributed by atoms with Gasteiger partial charge in [-0.05, 0) is 25.3 Å². The summed E-state index contributed by atoms with van der Waals surface area (Å²) in [7, 11) is 0. The van der Waals surface area contributed by atoms with Crippen LogP contribution in [0.4, 0.5) is 0 Å². The second-order valence-corrected chi connectivity index (χ2v) is 6.46. The second-order valence-electron chi connectivity index (χ2n) is 6.46. The van der Waals surface area contributed by atoms with Gasteiger partial charge in [-0.15, -0.1) is 0 Å². The summed E-state index contributed by atoms with van der Waals surface area (Å²) in [5, 5.41) is 11.3. The molecule has 2 N–H and O–H groups in total. The van der Waals surface area contributed by atoms with Gasteiger partial charge in [-0.25, -0.2) is 4.98 Å². The number of aromatic nitrogens is 2. The number of nitrogens with one attached hydrogen (secondary N) is 2. The molecule has 2 heterocycles. The van der Waals surface area contributed by atoms with E-state index >= 15 is 0 Å². The highest BCUT2D eigenvalue weighted by Gasteiger charge is 2.13. The summed E-state index contributed by atoms with van der Waals surface area (Å²) >= 11 is 0. The molecule has 0 spiro atoms. The van der Waals surface area contributed by atoms with Crippen molar-refractivity contribution in [2.24, 2.45) is 0 Å². The van der Waals surface area contributed by atoms with Crippen molar-refractivity contribution in [2.75, 3.05) is 13.1 Å². The molecule has 1 amide bonds. The van der Waals surface area contributed by atoms with E-state index in [0.29, 0.717) is 23.9 Å². The van der Waals surface area contributed by atoms with Gasteiger partial charge in [0.2, 0.25) is 0 Å². The molecule has 1 fully saturated rings. The molecule has 1 aliphatic rings. The minimum atomic E-state index is -0.102. The van der Waals surface area contributed by atoms with Gasteiger partial charge in [-0.1, -0.05) is 37.8 Å². The van der Waals surface area contributed by atoms with Gasteiger partial charge in [0, 0.05) is 25.3 Å². The minimum absolute atomic E-state index is 0.102. The van der Waals surface area contributed by atoms with Crippen LogP contribution in [0.25, 0.3) is 11.1 Å². The number of hydrogen-bond donors (Lipinski definition) is 2. The van der Waals surface area contributed by atoms with Crippen molar-refractivity contribution in [1.82, 2.24) is 20.8 Å². The first kappa shape index (κ1) is 16.9. The molecule has 6 nitrogen and oxygen atoms in total. The van der Waals surface area contributed by atoms with Gasteiger partial charge in [0.25, 0.3) is 11.6 Å². The van der Waals surface area contributed by atoms with Crippen molar-refractivity contribution in [1.29, 1.82) is 0 Å². The van der Waals surface area contributed by atoms with Gasteiger partial charge in [0.15, 0.2) is 0 Å². The van der Waals surface area contributed by atoms with E-state index in [1.807, 2.05) is 13.0 Å². The molecule has 2 aromatic heterocycles. The highest BCUT2D eigenvalue weighted by atomic mass is 16.5. The van der Waals surface area contributed by atoms with Crippen LogP contribution in [0.15, 0.2) is 16.8 Å². The molecule has 0 bridgehead atoms. The fraction of sp³-hybridized carbons (Fsp3) is 0.611. The zero-order chi connectivity index (χ0) is 16.8. The number of nitrogens with zero attached hydrogens (tertiary/aromatic N) is 2. The van der Waals surface area contributed by atoms with Crippen LogP contribution in [0.5, 0.6) is 0 Å². The number of hydrogen-bond acceptors (Lipinski definition) is 5. The van der Waals surface area contributed by atoms with Gasteiger partial charge in [0.05, 0.1) is 16.6 Å². The van der Waals surface area contributed by atoms with Crippen LogP contribution in [0.1, 0.15) is 61.5 Å². The Morgan fingerprint density at radius 3 is 2.79 bits per heavy atom. The molecular formula is C18H26N4O2. The highest BCUT2D eigenvalue weighted by Crippen LogP contribution is 2.18. The van der Waals surface area contributed by atoms with E-state index in [1.165, 1.54) is 38.5 Å². The maximum atomic E-state index is 12.3. The minimum Gasteiger partial charge on any atom is -0.351 e. The highest BCUT2D eigenvalue weighted by molar-refractivity contribution is 5.96. The molecule has 130 valence electrons. The van der Waals surface area contributed by atoms with Gasteiger partial charge in [0.1, 0.15) is 0 Å². The molecule has 0 atom stereocenters. The van der Waals surface area contributed by atoms with Crippen molar-refractivity contribution >= 4 is 17.0 Å². The fourth-order valence-electron chi connectivity index (χ4n) is 3.30. The summed E-state index contributed by atoms with van der Waals surface area (Å²) in [5.41, 5.74) is 1.87. The maximum absolute atomic E-state index is 12.3. The van der Waals surface area contributed by atoms with Gasteiger partial charge in [-0.3, -0.25) is 4.79 Å². The molecule has 2 aromatic rings. The number of fused-ring (bicyclic) bond motifs is 1. The summed E-state index contributed by atoms with van der Waals surface area (Å²) in [6.45, 7) is 3.43. The Balaban J connectivity index is 1.49. The predicted molar refractivity (Wildman–Crippen MR) is 93.0 cm³/mol. The first-order valence-electron chi connectivity index (χ1n) is 9.04. The van der Waals surface area contributed by atoms with Crippen LogP contribution in [-0.2, 0) is 6.42 Å². The van der Waals surface area contributed by atoms with Gasteiger partial charge >= 0.3 is 0 Å². The summed E-state index contributed by atoms with van der Waals surface area (Å²) in [6.07, 6.45) is 10.1. The summed E-state index contributed by atoms with van der Waals surface area (Å²) in [5.74, 6) is -0.102. The largest absolute Gasteiger partial charge is 0.351 e.